The van der Waals surface area contributed by atoms with E-state index >= 15 is 0 Å². The van der Waals surface area contributed by atoms with E-state index in [1.54, 1.807) is 17.5 Å². The van der Waals surface area contributed by atoms with Gasteiger partial charge in [-0.05, 0) is 51.0 Å². The van der Waals surface area contributed by atoms with Crippen LogP contribution in [0.4, 0.5) is 0 Å². The molecule has 2 N–H and O–H groups in total. The Hall–Kier alpha value is -2.25. The van der Waals surface area contributed by atoms with E-state index in [0.29, 0.717) is 12.5 Å². The van der Waals surface area contributed by atoms with Crippen molar-refractivity contribution in [2.45, 2.75) is 38.6 Å². The number of ether oxygens (including phenoxy) is 1. The SMILES string of the molecule is CCOc1ccc(-c2nnc([C@H]3C[C@H](N)C3)n2-c2ccc(C)s2)nc1. The number of aryl methyl sites for hydroxylation is 1. The lowest BCUT2D eigenvalue weighted by atomic mass is 9.80. The molecule has 0 saturated heterocycles. The Labute approximate surface area is 150 Å². The molecule has 1 fully saturated rings. The number of hydrogen-bond donors (Lipinski definition) is 1. The van der Waals surface area contributed by atoms with Crippen LogP contribution in [0.1, 0.15) is 36.4 Å². The van der Waals surface area contributed by atoms with Crippen LogP contribution in [0.5, 0.6) is 5.75 Å². The number of nitrogens with zero attached hydrogens (tertiary/aromatic N) is 4. The number of pyridine rings is 1. The maximum Gasteiger partial charge on any atom is 0.187 e. The molecule has 1 aliphatic carbocycles. The van der Waals surface area contributed by atoms with Crippen molar-refractivity contribution in [3.63, 3.8) is 0 Å². The second-order valence-electron chi connectivity index (χ2n) is 6.34. The van der Waals surface area contributed by atoms with Crippen LogP contribution in [-0.2, 0) is 0 Å². The van der Waals surface area contributed by atoms with Gasteiger partial charge in [0, 0.05) is 16.8 Å². The average Bonchev–Trinajstić information content (AvgIpc) is 3.19. The molecule has 25 heavy (non-hydrogen) atoms. The summed E-state index contributed by atoms with van der Waals surface area (Å²) in [5, 5.41) is 10.1. The largest absolute Gasteiger partial charge is 0.492 e. The summed E-state index contributed by atoms with van der Waals surface area (Å²) in [5.74, 6) is 2.87. The summed E-state index contributed by atoms with van der Waals surface area (Å²) >= 11 is 1.73. The second-order valence-corrected chi connectivity index (χ2v) is 7.61. The summed E-state index contributed by atoms with van der Waals surface area (Å²) in [7, 11) is 0. The van der Waals surface area contributed by atoms with Crippen molar-refractivity contribution in [1.82, 2.24) is 19.7 Å². The zero-order chi connectivity index (χ0) is 17.4. The quantitative estimate of drug-likeness (QED) is 0.760. The molecule has 0 aliphatic heterocycles. The van der Waals surface area contributed by atoms with Gasteiger partial charge < -0.3 is 10.5 Å². The van der Waals surface area contributed by atoms with Crippen LogP contribution in [0.25, 0.3) is 16.5 Å². The highest BCUT2D eigenvalue weighted by atomic mass is 32.1. The Kier molecular flexibility index (Phi) is 4.27. The summed E-state index contributed by atoms with van der Waals surface area (Å²) in [6, 6.07) is 8.35. The zero-order valence-corrected chi connectivity index (χ0v) is 15.2. The molecular weight excluding hydrogens is 334 g/mol. The predicted octanol–water partition coefficient (Wildman–Crippen LogP) is 3.30. The van der Waals surface area contributed by atoms with Crippen molar-refractivity contribution < 1.29 is 4.74 Å². The third-order valence-corrected chi connectivity index (χ3v) is 5.44. The molecule has 7 heteroatoms. The van der Waals surface area contributed by atoms with Gasteiger partial charge in [0.25, 0.3) is 0 Å². The fourth-order valence-electron chi connectivity index (χ4n) is 3.12. The first-order valence-corrected chi connectivity index (χ1v) is 9.34. The lowest BCUT2D eigenvalue weighted by Crippen LogP contribution is -2.36. The lowest BCUT2D eigenvalue weighted by molar-refractivity contribution is 0.335. The van der Waals surface area contributed by atoms with Gasteiger partial charge in [0.15, 0.2) is 5.82 Å². The zero-order valence-electron chi connectivity index (χ0n) is 14.3. The highest BCUT2D eigenvalue weighted by Gasteiger charge is 2.33. The van der Waals surface area contributed by atoms with Crippen LogP contribution in [0.2, 0.25) is 0 Å². The van der Waals surface area contributed by atoms with Crippen molar-refractivity contribution in [3.8, 4) is 22.3 Å². The van der Waals surface area contributed by atoms with Crippen molar-refractivity contribution in [3.05, 3.63) is 41.2 Å². The summed E-state index contributed by atoms with van der Waals surface area (Å²) < 4.78 is 7.62. The Morgan fingerprint density at radius 2 is 2.08 bits per heavy atom. The van der Waals surface area contributed by atoms with E-state index in [0.717, 1.165) is 40.9 Å². The van der Waals surface area contributed by atoms with Crippen LogP contribution >= 0.6 is 11.3 Å². The van der Waals surface area contributed by atoms with Crippen molar-refractivity contribution in [1.29, 1.82) is 0 Å². The molecule has 0 amide bonds. The van der Waals surface area contributed by atoms with Crippen LogP contribution in [0.3, 0.4) is 0 Å². The van der Waals surface area contributed by atoms with Crippen molar-refractivity contribution in [2.24, 2.45) is 5.73 Å². The maximum absolute atomic E-state index is 5.98. The van der Waals surface area contributed by atoms with Gasteiger partial charge in [-0.2, -0.15) is 0 Å². The molecule has 0 radical (unpaired) electrons. The minimum atomic E-state index is 0.271. The van der Waals surface area contributed by atoms with E-state index in [1.807, 2.05) is 19.1 Å². The van der Waals surface area contributed by atoms with Gasteiger partial charge in [0.2, 0.25) is 0 Å². The molecular formula is C18H21N5OS. The van der Waals surface area contributed by atoms with Gasteiger partial charge in [-0.3, -0.25) is 4.57 Å². The molecule has 6 nitrogen and oxygen atoms in total. The predicted molar refractivity (Wildman–Crippen MR) is 98.3 cm³/mol. The van der Waals surface area contributed by atoms with Crippen LogP contribution in [0, 0.1) is 6.92 Å². The number of nitrogens with two attached hydrogens (primary N) is 1. The molecule has 0 aromatic carbocycles. The van der Waals surface area contributed by atoms with E-state index in [4.69, 9.17) is 10.5 Å². The molecule has 1 aliphatic rings. The molecule has 3 aromatic heterocycles. The summed E-state index contributed by atoms with van der Waals surface area (Å²) in [5.41, 5.74) is 6.77. The average molecular weight is 355 g/mol. The molecule has 3 aromatic rings. The summed E-state index contributed by atoms with van der Waals surface area (Å²) in [6.45, 7) is 4.68. The third kappa shape index (κ3) is 3.05. The Morgan fingerprint density at radius 1 is 1.24 bits per heavy atom. The van der Waals surface area contributed by atoms with Crippen LogP contribution in [-0.4, -0.2) is 32.4 Å². The molecule has 0 atom stereocenters. The smallest absolute Gasteiger partial charge is 0.187 e. The number of aromatic nitrogens is 4. The standard InChI is InChI=1S/C18H21N5OS/c1-3-24-14-5-6-15(20-10-14)18-22-21-17(12-8-13(19)9-12)23(18)16-7-4-11(2)25-16/h4-7,10,12-13H,3,8-9,19H2,1-2H3/t12-,13-. The van der Waals surface area contributed by atoms with Gasteiger partial charge in [0.05, 0.1) is 12.8 Å². The Morgan fingerprint density at radius 3 is 2.68 bits per heavy atom. The molecule has 1 saturated carbocycles. The highest BCUT2D eigenvalue weighted by molar-refractivity contribution is 7.14. The van der Waals surface area contributed by atoms with Crippen molar-refractivity contribution >= 4 is 11.3 Å². The normalized spacial score (nSPS) is 19.6. The minimum absolute atomic E-state index is 0.271. The van der Waals surface area contributed by atoms with E-state index in [9.17, 15) is 0 Å². The minimum Gasteiger partial charge on any atom is -0.492 e. The van der Waals surface area contributed by atoms with Gasteiger partial charge in [-0.15, -0.1) is 21.5 Å². The monoisotopic (exact) mass is 355 g/mol. The fraction of sp³-hybridized carbons (Fsp3) is 0.389. The van der Waals surface area contributed by atoms with Crippen LogP contribution in [0.15, 0.2) is 30.5 Å². The first-order chi connectivity index (χ1) is 12.2. The van der Waals surface area contributed by atoms with Crippen molar-refractivity contribution in [2.75, 3.05) is 6.61 Å². The van der Waals surface area contributed by atoms with E-state index in [2.05, 4.69) is 38.8 Å². The highest BCUT2D eigenvalue weighted by Crippen LogP contribution is 2.38. The Bertz CT molecular complexity index is 864. The first kappa shape index (κ1) is 16.2. The third-order valence-electron chi connectivity index (χ3n) is 4.45. The molecule has 0 spiro atoms. The first-order valence-electron chi connectivity index (χ1n) is 8.52. The van der Waals surface area contributed by atoms with E-state index in [-0.39, 0.29) is 6.04 Å². The van der Waals surface area contributed by atoms with Gasteiger partial charge in [-0.1, -0.05) is 0 Å². The summed E-state index contributed by atoms with van der Waals surface area (Å²) in [4.78, 5) is 5.78. The fourth-order valence-corrected chi connectivity index (χ4v) is 4.00. The lowest BCUT2D eigenvalue weighted by Gasteiger charge is -2.31. The second kappa shape index (κ2) is 6.57. The number of rotatable bonds is 5. The topological polar surface area (TPSA) is 78.9 Å². The molecule has 130 valence electrons. The molecule has 0 unspecified atom stereocenters. The number of hydrogen-bond acceptors (Lipinski definition) is 6. The van der Waals surface area contributed by atoms with Gasteiger partial charge in [-0.25, -0.2) is 4.98 Å². The van der Waals surface area contributed by atoms with Gasteiger partial charge >= 0.3 is 0 Å². The van der Waals surface area contributed by atoms with Gasteiger partial charge in [0.1, 0.15) is 22.3 Å². The van der Waals surface area contributed by atoms with E-state index < -0.39 is 0 Å². The Balaban J connectivity index is 1.76. The van der Waals surface area contributed by atoms with E-state index in [1.165, 1.54) is 4.88 Å². The molecule has 3 heterocycles. The number of thiophene rings is 1. The maximum atomic E-state index is 5.98. The molecule has 0 bridgehead atoms. The van der Waals surface area contributed by atoms with Crippen LogP contribution < -0.4 is 10.5 Å². The molecule has 4 rings (SSSR count). The summed E-state index contributed by atoms with van der Waals surface area (Å²) in [6.07, 6.45) is 3.65.